The van der Waals surface area contributed by atoms with Gasteiger partial charge in [-0.3, -0.25) is 9.78 Å². The SMILES string of the molecule is O=C(c1cccc2ncccc12)C1COc2ccccc21. The predicted octanol–water partition coefficient (Wildman–Crippen LogP) is 3.59. The van der Waals surface area contributed by atoms with Crippen LogP contribution < -0.4 is 4.74 Å². The largest absolute Gasteiger partial charge is 0.492 e. The molecule has 4 rings (SSSR count). The van der Waals surface area contributed by atoms with Crippen LogP contribution in [-0.2, 0) is 0 Å². The van der Waals surface area contributed by atoms with E-state index in [1.54, 1.807) is 6.20 Å². The normalized spacial score (nSPS) is 16.5. The maximum atomic E-state index is 12.9. The Hall–Kier alpha value is -2.68. The molecule has 3 nitrogen and oxygen atoms in total. The molecular weight excluding hydrogens is 262 g/mol. The molecule has 3 aromatic rings. The van der Waals surface area contributed by atoms with Crippen LogP contribution in [0.1, 0.15) is 21.8 Å². The third kappa shape index (κ3) is 1.89. The number of fused-ring (bicyclic) bond motifs is 2. The van der Waals surface area contributed by atoms with Crippen LogP contribution in [0.3, 0.4) is 0 Å². The summed E-state index contributed by atoms with van der Waals surface area (Å²) < 4.78 is 5.63. The molecule has 0 saturated heterocycles. The van der Waals surface area contributed by atoms with Gasteiger partial charge in [0.2, 0.25) is 0 Å². The molecule has 0 N–H and O–H groups in total. The Labute approximate surface area is 122 Å². The topological polar surface area (TPSA) is 39.2 Å². The van der Waals surface area contributed by atoms with Crippen molar-refractivity contribution in [3.8, 4) is 5.75 Å². The zero-order valence-corrected chi connectivity index (χ0v) is 11.3. The van der Waals surface area contributed by atoms with Crippen molar-refractivity contribution in [2.24, 2.45) is 0 Å². The van der Waals surface area contributed by atoms with Gasteiger partial charge >= 0.3 is 0 Å². The zero-order valence-electron chi connectivity index (χ0n) is 11.3. The van der Waals surface area contributed by atoms with E-state index in [1.165, 1.54) is 0 Å². The highest BCUT2D eigenvalue weighted by molar-refractivity contribution is 6.10. The second kappa shape index (κ2) is 4.70. The van der Waals surface area contributed by atoms with E-state index in [1.807, 2.05) is 54.6 Å². The van der Waals surface area contributed by atoms with Crippen molar-refractivity contribution in [2.75, 3.05) is 6.61 Å². The van der Waals surface area contributed by atoms with E-state index in [9.17, 15) is 4.79 Å². The van der Waals surface area contributed by atoms with Gasteiger partial charge in [0.05, 0.1) is 11.4 Å². The van der Waals surface area contributed by atoms with E-state index in [0.717, 1.165) is 22.2 Å². The zero-order chi connectivity index (χ0) is 14.2. The first-order chi connectivity index (χ1) is 10.3. The number of aromatic nitrogens is 1. The molecule has 1 aliphatic rings. The number of carbonyl (C=O) groups excluding carboxylic acids is 1. The summed E-state index contributed by atoms with van der Waals surface area (Å²) in [5.41, 5.74) is 2.53. The average Bonchev–Trinajstić information content (AvgIpc) is 2.98. The number of pyridine rings is 1. The van der Waals surface area contributed by atoms with Crippen molar-refractivity contribution >= 4 is 16.7 Å². The third-order valence-corrected chi connectivity index (χ3v) is 3.93. The molecule has 0 aliphatic carbocycles. The van der Waals surface area contributed by atoms with Crippen molar-refractivity contribution in [3.05, 3.63) is 71.9 Å². The molecular formula is C18H13NO2. The van der Waals surface area contributed by atoms with Crippen molar-refractivity contribution in [2.45, 2.75) is 5.92 Å². The van der Waals surface area contributed by atoms with Crippen LogP contribution in [-0.4, -0.2) is 17.4 Å². The number of para-hydroxylation sites is 1. The minimum absolute atomic E-state index is 0.0959. The minimum atomic E-state index is -0.230. The maximum absolute atomic E-state index is 12.9. The highest BCUT2D eigenvalue weighted by Crippen LogP contribution is 2.36. The maximum Gasteiger partial charge on any atom is 0.174 e. The fourth-order valence-corrected chi connectivity index (χ4v) is 2.89. The number of Topliss-reactive ketones (excluding diaryl/α,β-unsaturated/α-hetero) is 1. The first kappa shape index (κ1) is 12.1. The lowest BCUT2D eigenvalue weighted by atomic mass is 9.90. The van der Waals surface area contributed by atoms with E-state index < -0.39 is 0 Å². The molecule has 0 radical (unpaired) electrons. The number of carbonyl (C=O) groups is 1. The van der Waals surface area contributed by atoms with E-state index >= 15 is 0 Å². The second-order valence-corrected chi connectivity index (χ2v) is 5.14. The van der Waals surface area contributed by atoms with Gasteiger partial charge in [0, 0.05) is 22.7 Å². The fourth-order valence-electron chi connectivity index (χ4n) is 2.89. The lowest BCUT2D eigenvalue weighted by Gasteiger charge is -2.10. The Morgan fingerprint density at radius 1 is 1.05 bits per heavy atom. The Morgan fingerprint density at radius 3 is 2.90 bits per heavy atom. The molecule has 102 valence electrons. The number of hydrogen-bond acceptors (Lipinski definition) is 3. The van der Waals surface area contributed by atoms with Gasteiger partial charge in [0.1, 0.15) is 12.4 Å². The van der Waals surface area contributed by atoms with Gasteiger partial charge in [-0.1, -0.05) is 36.4 Å². The van der Waals surface area contributed by atoms with Gasteiger partial charge in [0.15, 0.2) is 5.78 Å². The van der Waals surface area contributed by atoms with Crippen molar-refractivity contribution in [1.29, 1.82) is 0 Å². The summed E-state index contributed by atoms with van der Waals surface area (Å²) >= 11 is 0. The van der Waals surface area contributed by atoms with E-state index in [-0.39, 0.29) is 11.7 Å². The Kier molecular flexibility index (Phi) is 2.71. The highest BCUT2D eigenvalue weighted by atomic mass is 16.5. The van der Waals surface area contributed by atoms with E-state index in [0.29, 0.717) is 12.2 Å². The molecule has 0 fully saturated rings. The number of nitrogens with zero attached hydrogens (tertiary/aromatic N) is 1. The van der Waals surface area contributed by atoms with E-state index in [2.05, 4.69) is 4.98 Å². The number of hydrogen-bond donors (Lipinski definition) is 0. The highest BCUT2D eigenvalue weighted by Gasteiger charge is 2.31. The number of rotatable bonds is 2. The second-order valence-electron chi connectivity index (χ2n) is 5.14. The summed E-state index contributed by atoms with van der Waals surface area (Å²) in [5.74, 6) is 0.680. The van der Waals surface area contributed by atoms with Gasteiger partial charge in [0.25, 0.3) is 0 Å². The van der Waals surface area contributed by atoms with Gasteiger partial charge in [-0.05, 0) is 18.2 Å². The molecule has 0 saturated carbocycles. The molecule has 1 aromatic heterocycles. The quantitative estimate of drug-likeness (QED) is 0.671. The minimum Gasteiger partial charge on any atom is -0.492 e. The van der Waals surface area contributed by atoms with Crippen LogP contribution in [0.2, 0.25) is 0 Å². The van der Waals surface area contributed by atoms with Crippen LogP contribution in [0, 0.1) is 0 Å². The summed E-state index contributed by atoms with van der Waals surface area (Å²) in [4.78, 5) is 17.2. The number of benzene rings is 2. The Morgan fingerprint density at radius 2 is 1.95 bits per heavy atom. The van der Waals surface area contributed by atoms with Gasteiger partial charge in [-0.2, -0.15) is 0 Å². The molecule has 1 unspecified atom stereocenters. The number of ketones is 1. The lowest BCUT2D eigenvalue weighted by Crippen LogP contribution is -2.14. The Balaban J connectivity index is 1.82. The van der Waals surface area contributed by atoms with Crippen molar-refractivity contribution in [3.63, 3.8) is 0 Å². The summed E-state index contributed by atoms with van der Waals surface area (Å²) in [6, 6.07) is 17.2. The summed E-state index contributed by atoms with van der Waals surface area (Å²) in [7, 11) is 0. The first-order valence-corrected chi connectivity index (χ1v) is 6.94. The molecule has 1 atom stereocenters. The van der Waals surface area contributed by atoms with Gasteiger partial charge in [-0.15, -0.1) is 0 Å². The van der Waals surface area contributed by atoms with Crippen LogP contribution in [0.25, 0.3) is 10.9 Å². The third-order valence-electron chi connectivity index (χ3n) is 3.93. The lowest BCUT2D eigenvalue weighted by molar-refractivity contribution is 0.0949. The van der Waals surface area contributed by atoms with Crippen LogP contribution >= 0.6 is 0 Å². The summed E-state index contributed by atoms with van der Waals surface area (Å²) in [5, 5.41) is 0.898. The first-order valence-electron chi connectivity index (χ1n) is 6.94. The van der Waals surface area contributed by atoms with Crippen LogP contribution in [0.4, 0.5) is 0 Å². The fraction of sp³-hybridized carbons (Fsp3) is 0.111. The van der Waals surface area contributed by atoms with Gasteiger partial charge < -0.3 is 4.74 Å². The van der Waals surface area contributed by atoms with E-state index in [4.69, 9.17) is 4.74 Å². The van der Waals surface area contributed by atoms with Crippen molar-refractivity contribution < 1.29 is 9.53 Å². The molecule has 2 aromatic carbocycles. The molecule has 0 bridgehead atoms. The van der Waals surface area contributed by atoms with Crippen molar-refractivity contribution in [1.82, 2.24) is 4.98 Å². The molecule has 2 heterocycles. The number of ether oxygens (including phenoxy) is 1. The van der Waals surface area contributed by atoms with Gasteiger partial charge in [-0.25, -0.2) is 0 Å². The standard InChI is InChI=1S/C18H13NO2/c20-18(15-11-21-17-9-2-1-5-13(15)17)14-6-3-8-16-12(14)7-4-10-19-16/h1-10,15H,11H2. The molecule has 0 spiro atoms. The molecule has 3 heteroatoms. The monoisotopic (exact) mass is 275 g/mol. The predicted molar refractivity (Wildman–Crippen MR) is 80.8 cm³/mol. The average molecular weight is 275 g/mol. The molecule has 21 heavy (non-hydrogen) atoms. The molecule has 1 aliphatic heterocycles. The summed E-state index contributed by atoms with van der Waals surface area (Å²) in [6.07, 6.45) is 1.74. The smallest absolute Gasteiger partial charge is 0.174 e. The summed E-state index contributed by atoms with van der Waals surface area (Å²) in [6.45, 7) is 0.412. The Bertz CT molecular complexity index is 836. The van der Waals surface area contributed by atoms with Crippen LogP contribution in [0.15, 0.2) is 60.8 Å². The van der Waals surface area contributed by atoms with Crippen LogP contribution in [0.5, 0.6) is 5.75 Å². The molecule has 0 amide bonds.